The molecule has 0 radical (unpaired) electrons. The van der Waals surface area contributed by atoms with Gasteiger partial charge in [0.05, 0.1) is 5.69 Å². The first-order valence-electron chi connectivity index (χ1n) is 7.86. The van der Waals surface area contributed by atoms with E-state index in [1.54, 1.807) is 30.4 Å². The summed E-state index contributed by atoms with van der Waals surface area (Å²) in [5.74, 6) is -1.36. The van der Waals surface area contributed by atoms with E-state index in [0.29, 0.717) is 5.69 Å². The molecule has 0 spiro atoms. The van der Waals surface area contributed by atoms with Crippen LogP contribution in [0, 0.1) is 6.92 Å². The number of barbiturate groups is 1. The molecule has 2 aromatic rings. The van der Waals surface area contributed by atoms with Crippen LogP contribution in [0.1, 0.15) is 11.1 Å². The molecule has 1 aliphatic rings. The maximum atomic E-state index is 12.7. The number of nitrogens with one attached hydrogen (secondary N) is 1. The zero-order valence-electron chi connectivity index (χ0n) is 13.9. The molecule has 0 atom stereocenters. The zero-order valence-corrected chi connectivity index (χ0v) is 15.5. The molecular formula is C20H15BrN2O3. The minimum Gasteiger partial charge on any atom is -0.273 e. The highest BCUT2D eigenvalue weighted by Gasteiger charge is 2.36. The molecule has 0 aliphatic carbocycles. The van der Waals surface area contributed by atoms with E-state index in [-0.39, 0.29) is 5.57 Å². The van der Waals surface area contributed by atoms with Crippen molar-refractivity contribution in [2.45, 2.75) is 6.92 Å². The molecule has 2 aromatic carbocycles. The number of amides is 4. The van der Waals surface area contributed by atoms with Crippen LogP contribution >= 0.6 is 15.9 Å². The van der Waals surface area contributed by atoms with E-state index >= 15 is 0 Å². The number of allylic oxidation sites excluding steroid dienone is 2. The first kappa shape index (κ1) is 17.8. The molecule has 0 unspecified atom stereocenters. The number of hydrogen-bond donors (Lipinski definition) is 1. The zero-order chi connectivity index (χ0) is 18.7. The first-order valence-corrected chi connectivity index (χ1v) is 8.66. The molecule has 3 rings (SSSR count). The van der Waals surface area contributed by atoms with E-state index in [2.05, 4.69) is 21.2 Å². The number of aryl methyl sites for hydroxylation is 1. The highest BCUT2D eigenvalue weighted by molar-refractivity contribution is 9.10. The fourth-order valence-electron chi connectivity index (χ4n) is 2.50. The fraction of sp³-hybridized carbons (Fsp3) is 0.0500. The van der Waals surface area contributed by atoms with E-state index in [0.717, 1.165) is 20.5 Å². The highest BCUT2D eigenvalue weighted by Crippen LogP contribution is 2.25. The van der Waals surface area contributed by atoms with Crippen molar-refractivity contribution in [3.63, 3.8) is 0 Å². The van der Waals surface area contributed by atoms with Crippen LogP contribution in [-0.2, 0) is 9.59 Å². The number of rotatable bonds is 3. The van der Waals surface area contributed by atoms with E-state index in [1.165, 1.54) is 6.08 Å². The number of halogens is 1. The van der Waals surface area contributed by atoms with Crippen molar-refractivity contribution in [2.75, 3.05) is 4.90 Å². The summed E-state index contributed by atoms with van der Waals surface area (Å²) in [6.07, 6.45) is 4.80. The minimum atomic E-state index is -0.758. The molecule has 1 N–H and O–H groups in total. The molecular weight excluding hydrogens is 396 g/mol. The van der Waals surface area contributed by atoms with Crippen molar-refractivity contribution >= 4 is 45.5 Å². The molecule has 0 saturated carbocycles. The van der Waals surface area contributed by atoms with Gasteiger partial charge in [0.1, 0.15) is 5.57 Å². The molecule has 1 aliphatic heterocycles. The average Bonchev–Trinajstić information content (AvgIpc) is 2.61. The van der Waals surface area contributed by atoms with Crippen molar-refractivity contribution in [3.8, 4) is 0 Å². The molecule has 1 fully saturated rings. The van der Waals surface area contributed by atoms with Gasteiger partial charge < -0.3 is 0 Å². The SMILES string of the molecule is Cc1cc(N2C(=O)NC(=O)/C(=C\C=C\c3ccccc3)C2=O)ccc1Br. The number of carbonyl (C=O) groups excluding carboxylic acids is 3. The maximum Gasteiger partial charge on any atom is 0.335 e. The van der Waals surface area contributed by atoms with Crippen LogP contribution in [0.15, 0.2) is 70.7 Å². The van der Waals surface area contributed by atoms with Gasteiger partial charge in [0.15, 0.2) is 0 Å². The molecule has 1 saturated heterocycles. The second-order valence-corrected chi connectivity index (χ2v) is 6.54. The summed E-state index contributed by atoms with van der Waals surface area (Å²) < 4.78 is 0.865. The fourth-order valence-corrected chi connectivity index (χ4v) is 2.75. The van der Waals surface area contributed by atoms with Crippen LogP contribution in [0.2, 0.25) is 0 Å². The number of hydrogen-bond acceptors (Lipinski definition) is 3. The lowest BCUT2D eigenvalue weighted by molar-refractivity contribution is -0.122. The molecule has 1 heterocycles. The topological polar surface area (TPSA) is 66.5 Å². The number of anilines is 1. The van der Waals surface area contributed by atoms with Crippen molar-refractivity contribution in [2.24, 2.45) is 0 Å². The Kier molecular flexibility index (Phi) is 5.14. The van der Waals surface area contributed by atoms with Crippen LogP contribution in [0.4, 0.5) is 10.5 Å². The summed E-state index contributed by atoms with van der Waals surface area (Å²) in [6, 6.07) is 13.8. The lowest BCUT2D eigenvalue weighted by Crippen LogP contribution is -2.54. The van der Waals surface area contributed by atoms with Crippen LogP contribution in [0.25, 0.3) is 6.08 Å². The second kappa shape index (κ2) is 7.49. The van der Waals surface area contributed by atoms with Crippen molar-refractivity contribution < 1.29 is 14.4 Å². The predicted octanol–water partition coefficient (Wildman–Crippen LogP) is 3.98. The number of nitrogens with zero attached hydrogens (tertiary/aromatic N) is 1. The van der Waals surface area contributed by atoms with Crippen molar-refractivity contribution in [1.29, 1.82) is 0 Å². The van der Waals surface area contributed by atoms with E-state index < -0.39 is 17.8 Å². The summed E-state index contributed by atoms with van der Waals surface area (Å²) in [6.45, 7) is 1.85. The third-order valence-electron chi connectivity index (χ3n) is 3.85. The summed E-state index contributed by atoms with van der Waals surface area (Å²) in [7, 11) is 0. The predicted molar refractivity (Wildman–Crippen MR) is 103 cm³/mol. The molecule has 4 amide bonds. The van der Waals surface area contributed by atoms with E-state index in [9.17, 15) is 14.4 Å². The van der Waals surface area contributed by atoms with Gasteiger partial charge in [-0.3, -0.25) is 14.9 Å². The van der Waals surface area contributed by atoms with Gasteiger partial charge in [-0.2, -0.15) is 0 Å². The molecule has 26 heavy (non-hydrogen) atoms. The molecule has 130 valence electrons. The van der Waals surface area contributed by atoms with Gasteiger partial charge in [0.2, 0.25) is 0 Å². The van der Waals surface area contributed by atoms with E-state index in [4.69, 9.17) is 0 Å². The lowest BCUT2D eigenvalue weighted by atomic mass is 10.1. The van der Waals surface area contributed by atoms with Crippen LogP contribution in [0.5, 0.6) is 0 Å². The second-order valence-electron chi connectivity index (χ2n) is 5.68. The van der Waals surface area contributed by atoms with Gasteiger partial charge in [-0.05, 0) is 42.3 Å². The van der Waals surface area contributed by atoms with Crippen LogP contribution in [-0.4, -0.2) is 17.8 Å². The Bertz CT molecular complexity index is 949. The molecule has 5 nitrogen and oxygen atoms in total. The number of carbonyl (C=O) groups is 3. The van der Waals surface area contributed by atoms with Gasteiger partial charge >= 0.3 is 6.03 Å². The molecule has 6 heteroatoms. The van der Waals surface area contributed by atoms with E-state index in [1.807, 2.05) is 37.3 Å². The smallest absolute Gasteiger partial charge is 0.273 e. The summed E-state index contributed by atoms with van der Waals surface area (Å²) in [5.41, 5.74) is 2.11. The van der Waals surface area contributed by atoms with Gasteiger partial charge in [-0.1, -0.05) is 58.4 Å². The van der Waals surface area contributed by atoms with Gasteiger partial charge in [0, 0.05) is 4.47 Å². The van der Waals surface area contributed by atoms with Crippen molar-refractivity contribution in [1.82, 2.24) is 5.32 Å². The standard InChI is InChI=1S/C20H15BrN2O3/c1-13-12-15(10-11-17(13)21)23-19(25)16(18(24)22-20(23)26)9-5-8-14-6-3-2-4-7-14/h2-12H,1H3,(H,22,24,26)/b8-5+,16-9+. The number of imide groups is 2. The Labute approximate surface area is 159 Å². The largest absolute Gasteiger partial charge is 0.335 e. The maximum absolute atomic E-state index is 12.7. The van der Waals surface area contributed by atoms with Crippen molar-refractivity contribution in [3.05, 3.63) is 81.9 Å². The third-order valence-corrected chi connectivity index (χ3v) is 4.74. The first-order chi connectivity index (χ1) is 12.5. The Balaban J connectivity index is 1.91. The Morgan fingerprint density at radius 3 is 2.46 bits per heavy atom. The van der Waals surface area contributed by atoms with Crippen LogP contribution < -0.4 is 10.2 Å². The number of benzene rings is 2. The van der Waals surface area contributed by atoms with Gasteiger partial charge in [-0.15, -0.1) is 0 Å². The Morgan fingerprint density at radius 2 is 1.77 bits per heavy atom. The Hall–Kier alpha value is -2.99. The molecule has 0 bridgehead atoms. The Morgan fingerprint density at radius 1 is 1.04 bits per heavy atom. The lowest BCUT2D eigenvalue weighted by Gasteiger charge is -2.26. The summed E-state index contributed by atoms with van der Waals surface area (Å²) in [4.78, 5) is 37.9. The third kappa shape index (κ3) is 3.65. The quantitative estimate of drug-likeness (QED) is 0.614. The summed E-state index contributed by atoms with van der Waals surface area (Å²) in [5, 5.41) is 2.20. The monoisotopic (exact) mass is 410 g/mol. The summed E-state index contributed by atoms with van der Waals surface area (Å²) >= 11 is 3.38. The minimum absolute atomic E-state index is 0.0997. The average molecular weight is 411 g/mol. The molecule has 0 aromatic heterocycles. The van der Waals surface area contributed by atoms with Gasteiger partial charge in [0.25, 0.3) is 11.8 Å². The normalized spacial score (nSPS) is 16.5. The van der Waals surface area contributed by atoms with Crippen LogP contribution in [0.3, 0.4) is 0 Å². The highest BCUT2D eigenvalue weighted by atomic mass is 79.9. The van der Waals surface area contributed by atoms with Gasteiger partial charge in [-0.25, -0.2) is 9.69 Å². The number of urea groups is 1.